The molecule has 0 atom stereocenters. The van der Waals surface area contributed by atoms with Crippen LogP contribution >= 0.6 is 0 Å². The second-order valence-corrected chi connectivity index (χ2v) is 7.55. The first-order valence-electron chi connectivity index (χ1n) is 8.15. The zero-order chi connectivity index (χ0) is 20.3. The number of para-hydroxylation sites is 1. The molecular weight excluding hydrogens is 384 g/mol. The summed E-state index contributed by atoms with van der Waals surface area (Å²) in [4.78, 5) is 19.6. The molecule has 3 rings (SSSR count). The number of nitrogens with zero attached hydrogens (tertiary/aromatic N) is 2. The highest BCUT2D eigenvalue weighted by Gasteiger charge is 2.24. The van der Waals surface area contributed by atoms with E-state index in [0.29, 0.717) is 5.69 Å². The number of nitrogens with one attached hydrogen (secondary N) is 2. The zero-order valence-corrected chi connectivity index (χ0v) is 16.2. The van der Waals surface area contributed by atoms with E-state index in [-0.39, 0.29) is 22.4 Å². The molecule has 0 bridgehead atoms. The maximum Gasteiger partial charge on any atom is 0.311 e. The second-order valence-electron chi connectivity index (χ2n) is 5.90. The van der Waals surface area contributed by atoms with Crippen LogP contribution in [-0.4, -0.2) is 31.4 Å². The predicted octanol–water partition coefficient (Wildman–Crippen LogP) is 2.75. The Morgan fingerprint density at radius 1 is 1.18 bits per heavy atom. The number of sulfonamides is 1. The number of amides is 1. The molecule has 0 fully saturated rings. The van der Waals surface area contributed by atoms with E-state index in [1.807, 2.05) is 6.07 Å². The molecule has 1 amide bonds. The van der Waals surface area contributed by atoms with Crippen molar-refractivity contribution in [3.05, 3.63) is 59.9 Å². The van der Waals surface area contributed by atoms with E-state index >= 15 is 0 Å². The molecule has 0 aliphatic heterocycles. The molecule has 0 unspecified atom stereocenters. The van der Waals surface area contributed by atoms with Gasteiger partial charge >= 0.3 is 5.91 Å². The molecule has 0 spiro atoms. The summed E-state index contributed by atoms with van der Waals surface area (Å²) in [5.74, 6) is -0.898. The molecule has 3 aromatic rings. The standard InChI is InChI=1S/C18H18N4O5S/c1-11-5-4-6-12(2)15(11)22-28(24,25)14-9-13(10-20-17(14)26-3)21-16(23)18-19-7-8-27-18/h4-10,22H,1-3H3,(H,21,23). The van der Waals surface area contributed by atoms with Crippen molar-refractivity contribution in [3.63, 3.8) is 0 Å². The third kappa shape index (κ3) is 3.96. The van der Waals surface area contributed by atoms with Crippen LogP contribution in [0.2, 0.25) is 0 Å². The van der Waals surface area contributed by atoms with Crippen LogP contribution in [0, 0.1) is 13.8 Å². The molecule has 0 saturated heterocycles. The Morgan fingerprint density at radius 2 is 1.89 bits per heavy atom. The van der Waals surface area contributed by atoms with Gasteiger partial charge in [0.15, 0.2) is 4.90 Å². The summed E-state index contributed by atoms with van der Waals surface area (Å²) in [6, 6.07) is 6.69. The lowest BCUT2D eigenvalue weighted by Crippen LogP contribution is -2.18. The number of carbonyl (C=O) groups is 1. The lowest BCUT2D eigenvalue weighted by atomic mass is 10.1. The summed E-state index contributed by atoms with van der Waals surface area (Å²) < 4.78 is 38.5. The van der Waals surface area contributed by atoms with Crippen molar-refractivity contribution < 1.29 is 22.4 Å². The van der Waals surface area contributed by atoms with Crippen LogP contribution in [0.1, 0.15) is 21.8 Å². The minimum atomic E-state index is -4.04. The number of ether oxygens (including phenoxy) is 1. The summed E-state index contributed by atoms with van der Waals surface area (Å²) in [6.07, 6.45) is 3.86. The van der Waals surface area contributed by atoms with E-state index < -0.39 is 15.9 Å². The van der Waals surface area contributed by atoms with Crippen molar-refractivity contribution in [1.82, 2.24) is 9.97 Å². The number of aromatic nitrogens is 2. The van der Waals surface area contributed by atoms with Crippen LogP contribution < -0.4 is 14.8 Å². The van der Waals surface area contributed by atoms with Crippen molar-refractivity contribution in [1.29, 1.82) is 0 Å². The first-order valence-corrected chi connectivity index (χ1v) is 9.64. The number of carbonyl (C=O) groups excluding carboxylic acids is 1. The van der Waals surface area contributed by atoms with E-state index in [4.69, 9.17) is 9.15 Å². The Kier molecular flexibility index (Phi) is 5.32. The van der Waals surface area contributed by atoms with E-state index in [0.717, 1.165) is 11.1 Å². The first-order chi connectivity index (χ1) is 13.3. The SMILES string of the molecule is COc1ncc(NC(=O)c2ncco2)cc1S(=O)(=O)Nc1c(C)cccc1C. The van der Waals surface area contributed by atoms with Gasteiger partial charge in [-0.15, -0.1) is 0 Å². The number of hydrogen-bond donors (Lipinski definition) is 2. The van der Waals surface area contributed by atoms with Gasteiger partial charge in [0.2, 0.25) is 5.88 Å². The smallest absolute Gasteiger partial charge is 0.311 e. The van der Waals surface area contributed by atoms with Gasteiger partial charge in [-0.2, -0.15) is 0 Å². The molecule has 1 aromatic carbocycles. The van der Waals surface area contributed by atoms with E-state index in [2.05, 4.69) is 20.0 Å². The number of anilines is 2. The number of pyridine rings is 1. The minimum Gasteiger partial charge on any atom is -0.480 e. The number of benzene rings is 1. The van der Waals surface area contributed by atoms with Crippen molar-refractivity contribution in [2.24, 2.45) is 0 Å². The molecular formula is C18H18N4O5S. The number of aryl methyl sites for hydroxylation is 2. The van der Waals surface area contributed by atoms with Crippen LogP contribution in [0.4, 0.5) is 11.4 Å². The highest BCUT2D eigenvalue weighted by Crippen LogP contribution is 2.29. The van der Waals surface area contributed by atoms with Gasteiger partial charge < -0.3 is 14.5 Å². The molecule has 0 saturated carbocycles. The van der Waals surface area contributed by atoms with Crippen molar-refractivity contribution >= 4 is 27.3 Å². The molecule has 2 aromatic heterocycles. The highest BCUT2D eigenvalue weighted by molar-refractivity contribution is 7.92. The van der Waals surface area contributed by atoms with Crippen molar-refractivity contribution in [3.8, 4) is 5.88 Å². The Morgan fingerprint density at radius 3 is 2.50 bits per heavy atom. The fourth-order valence-corrected chi connectivity index (χ4v) is 3.88. The quantitative estimate of drug-likeness (QED) is 0.650. The van der Waals surface area contributed by atoms with Gasteiger partial charge in [-0.3, -0.25) is 9.52 Å². The van der Waals surface area contributed by atoms with Crippen LogP contribution in [0.5, 0.6) is 5.88 Å². The summed E-state index contributed by atoms with van der Waals surface area (Å²) in [5, 5.41) is 2.49. The maximum absolute atomic E-state index is 13.0. The van der Waals surface area contributed by atoms with Gasteiger partial charge in [0.1, 0.15) is 6.26 Å². The summed E-state index contributed by atoms with van der Waals surface area (Å²) in [6.45, 7) is 3.60. The topological polar surface area (TPSA) is 123 Å². The number of rotatable bonds is 6. The first kappa shape index (κ1) is 19.4. The average Bonchev–Trinajstić information content (AvgIpc) is 3.20. The monoisotopic (exact) mass is 402 g/mol. The van der Waals surface area contributed by atoms with E-state index in [9.17, 15) is 13.2 Å². The summed E-state index contributed by atoms with van der Waals surface area (Å²) >= 11 is 0. The molecule has 0 aliphatic rings. The lowest BCUT2D eigenvalue weighted by molar-refractivity contribution is 0.0990. The Bertz CT molecular complexity index is 1090. The minimum absolute atomic E-state index is 0.104. The Balaban J connectivity index is 1.96. The normalized spacial score (nSPS) is 11.1. The molecule has 146 valence electrons. The predicted molar refractivity (Wildman–Crippen MR) is 102 cm³/mol. The van der Waals surface area contributed by atoms with Crippen LogP contribution in [-0.2, 0) is 10.0 Å². The number of oxazole rings is 1. The Labute approximate surface area is 161 Å². The maximum atomic E-state index is 13.0. The molecule has 2 N–H and O–H groups in total. The molecule has 0 aliphatic carbocycles. The Hall–Kier alpha value is -3.40. The molecule has 9 nitrogen and oxygen atoms in total. The zero-order valence-electron chi connectivity index (χ0n) is 15.4. The number of hydrogen-bond acceptors (Lipinski definition) is 7. The average molecular weight is 402 g/mol. The third-order valence-electron chi connectivity index (χ3n) is 3.90. The summed E-state index contributed by atoms with van der Waals surface area (Å²) in [7, 11) is -2.73. The molecule has 28 heavy (non-hydrogen) atoms. The van der Waals surface area contributed by atoms with E-state index in [1.165, 1.54) is 31.8 Å². The van der Waals surface area contributed by atoms with Crippen LogP contribution in [0.25, 0.3) is 0 Å². The third-order valence-corrected chi connectivity index (χ3v) is 5.25. The fraction of sp³-hybridized carbons (Fsp3) is 0.167. The van der Waals surface area contributed by atoms with Crippen molar-refractivity contribution in [2.75, 3.05) is 17.1 Å². The van der Waals surface area contributed by atoms with Crippen molar-refractivity contribution in [2.45, 2.75) is 18.7 Å². The number of methoxy groups -OCH3 is 1. The van der Waals surface area contributed by atoms with E-state index in [1.54, 1.807) is 26.0 Å². The summed E-state index contributed by atoms with van der Waals surface area (Å²) in [5.41, 5.74) is 2.15. The molecule has 2 heterocycles. The lowest BCUT2D eigenvalue weighted by Gasteiger charge is -2.15. The second kappa shape index (κ2) is 7.69. The van der Waals surface area contributed by atoms with Gasteiger partial charge in [-0.25, -0.2) is 18.4 Å². The van der Waals surface area contributed by atoms with Gasteiger partial charge in [-0.1, -0.05) is 18.2 Å². The van der Waals surface area contributed by atoms with Gasteiger partial charge in [-0.05, 0) is 31.0 Å². The molecule has 10 heteroatoms. The van der Waals surface area contributed by atoms with Gasteiger partial charge in [0.05, 0.1) is 30.9 Å². The largest absolute Gasteiger partial charge is 0.480 e. The highest BCUT2D eigenvalue weighted by atomic mass is 32.2. The fourth-order valence-electron chi connectivity index (χ4n) is 2.53. The van der Waals surface area contributed by atoms with Crippen LogP contribution in [0.3, 0.4) is 0 Å². The van der Waals surface area contributed by atoms with Gasteiger partial charge in [0, 0.05) is 0 Å². The van der Waals surface area contributed by atoms with Crippen LogP contribution in [0.15, 0.2) is 52.2 Å². The molecule has 0 radical (unpaired) electrons. The van der Waals surface area contributed by atoms with Gasteiger partial charge in [0.25, 0.3) is 15.9 Å².